The predicted molar refractivity (Wildman–Crippen MR) is 88.3 cm³/mol. The molecule has 0 saturated carbocycles. The maximum absolute atomic E-state index is 13.1. The van der Waals surface area contributed by atoms with Gasteiger partial charge in [-0.15, -0.1) is 5.10 Å². The van der Waals surface area contributed by atoms with Gasteiger partial charge in [0.15, 0.2) is 0 Å². The molecule has 1 atom stereocenters. The van der Waals surface area contributed by atoms with Gasteiger partial charge in [-0.2, -0.15) is 0 Å². The van der Waals surface area contributed by atoms with Gasteiger partial charge in [0.05, 0.1) is 23.4 Å². The molecule has 2 fully saturated rings. The fraction of sp³-hybridized carbons (Fsp3) is 0.429. The molecule has 10 nitrogen and oxygen atoms in total. The van der Waals surface area contributed by atoms with Crippen LogP contribution in [0.15, 0.2) is 30.6 Å². The van der Waals surface area contributed by atoms with Crippen molar-refractivity contribution in [2.75, 3.05) is 26.2 Å². The average Bonchev–Trinajstić information content (AvgIpc) is 3.51. The predicted octanol–water partition coefficient (Wildman–Crippen LogP) is 1.99. The Morgan fingerprint density at radius 1 is 1.28 bits per heavy atom. The number of hydrogen-bond donors (Lipinski definition) is 0. The Bertz CT molecular complexity index is 833. The van der Waals surface area contributed by atoms with Crippen LogP contribution in [0.5, 0.6) is 0 Å². The molecule has 2 aliphatic rings. The standard InChI is InChI=1S/C14H17N6O4P/c1-11(24-25(23,17-6-7-17)18-8-9-18)12-2-3-13(20(21)22)14(10-12)19-5-4-15-16-19/h2-5,10-11H,6-9H2,1H3. The minimum Gasteiger partial charge on any atom is -0.298 e. The molecule has 0 N–H and O–H groups in total. The molecular formula is C14H17N6O4P. The van der Waals surface area contributed by atoms with Crippen molar-refractivity contribution in [2.24, 2.45) is 0 Å². The average molecular weight is 364 g/mol. The van der Waals surface area contributed by atoms with Gasteiger partial charge in [-0.05, 0) is 24.6 Å². The van der Waals surface area contributed by atoms with E-state index in [0.29, 0.717) is 11.3 Å². The third-order valence-corrected chi connectivity index (χ3v) is 7.01. The van der Waals surface area contributed by atoms with Crippen LogP contribution in [0.25, 0.3) is 5.69 Å². The first-order valence-corrected chi connectivity index (χ1v) is 9.46. The van der Waals surface area contributed by atoms with Crippen molar-refractivity contribution in [1.82, 2.24) is 24.3 Å². The van der Waals surface area contributed by atoms with E-state index in [9.17, 15) is 14.7 Å². The number of aromatic nitrogens is 3. The summed E-state index contributed by atoms with van der Waals surface area (Å²) in [5.74, 6) is 0. The molecule has 1 aromatic carbocycles. The Kier molecular flexibility index (Phi) is 3.92. The van der Waals surface area contributed by atoms with Crippen LogP contribution in [-0.4, -0.2) is 55.4 Å². The fourth-order valence-electron chi connectivity index (χ4n) is 2.64. The third-order valence-electron chi connectivity index (χ3n) is 4.19. The van der Waals surface area contributed by atoms with E-state index in [1.165, 1.54) is 23.1 Å². The summed E-state index contributed by atoms with van der Waals surface area (Å²) in [5, 5.41) is 18.8. The topological polar surface area (TPSA) is 106 Å². The highest BCUT2D eigenvalue weighted by atomic mass is 31.2. The quantitative estimate of drug-likeness (QED) is 0.318. The summed E-state index contributed by atoms with van der Waals surface area (Å²) in [5.41, 5.74) is 0.908. The molecule has 4 rings (SSSR count). The first-order chi connectivity index (χ1) is 12.0. The highest BCUT2D eigenvalue weighted by Crippen LogP contribution is 2.63. The molecule has 2 aliphatic heterocycles. The van der Waals surface area contributed by atoms with Gasteiger partial charge in [0, 0.05) is 32.2 Å². The molecule has 0 bridgehead atoms. The summed E-state index contributed by atoms with van der Waals surface area (Å²) < 4.78 is 24.0. The van der Waals surface area contributed by atoms with Crippen LogP contribution in [-0.2, 0) is 9.09 Å². The molecule has 0 aliphatic carbocycles. The Labute approximate surface area is 143 Å². The number of rotatable bonds is 7. The lowest BCUT2D eigenvalue weighted by molar-refractivity contribution is -0.384. The SMILES string of the molecule is CC(OP(=O)(N1CC1)N1CC1)c1ccc([N+](=O)[O-])c(-n2ccnn2)c1. The molecule has 3 heterocycles. The highest BCUT2D eigenvalue weighted by molar-refractivity contribution is 7.54. The van der Waals surface area contributed by atoms with E-state index in [4.69, 9.17) is 4.52 Å². The second kappa shape index (κ2) is 5.99. The zero-order valence-corrected chi connectivity index (χ0v) is 14.5. The van der Waals surface area contributed by atoms with Crippen LogP contribution in [0.1, 0.15) is 18.6 Å². The van der Waals surface area contributed by atoms with Gasteiger partial charge in [-0.25, -0.2) is 14.0 Å². The maximum atomic E-state index is 13.1. The molecule has 11 heteroatoms. The van der Waals surface area contributed by atoms with Gasteiger partial charge < -0.3 is 0 Å². The maximum Gasteiger partial charge on any atom is 0.346 e. The molecule has 25 heavy (non-hydrogen) atoms. The second-order valence-electron chi connectivity index (χ2n) is 6.00. The first-order valence-electron chi connectivity index (χ1n) is 7.93. The van der Waals surface area contributed by atoms with E-state index in [1.54, 1.807) is 19.1 Å². The molecular weight excluding hydrogens is 347 g/mol. The molecule has 2 aromatic rings. The number of nitro benzene ring substituents is 1. The molecule has 2 saturated heterocycles. The highest BCUT2D eigenvalue weighted by Gasteiger charge is 2.50. The fourth-order valence-corrected chi connectivity index (χ4v) is 4.99. The van der Waals surface area contributed by atoms with Crippen LogP contribution in [0.3, 0.4) is 0 Å². The van der Waals surface area contributed by atoms with Crippen LogP contribution < -0.4 is 0 Å². The van der Waals surface area contributed by atoms with E-state index in [1.807, 2.05) is 9.34 Å². The minimum atomic E-state index is -2.97. The van der Waals surface area contributed by atoms with Crippen molar-refractivity contribution in [3.8, 4) is 5.69 Å². The van der Waals surface area contributed by atoms with Crippen molar-refractivity contribution < 1.29 is 14.0 Å². The lowest BCUT2D eigenvalue weighted by Gasteiger charge is -2.24. The Morgan fingerprint density at radius 3 is 2.48 bits per heavy atom. The van der Waals surface area contributed by atoms with Crippen LogP contribution in [0.4, 0.5) is 5.69 Å². The molecule has 0 spiro atoms. The van der Waals surface area contributed by atoms with Crippen LogP contribution in [0.2, 0.25) is 0 Å². The van der Waals surface area contributed by atoms with Gasteiger partial charge >= 0.3 is 7.67 Å². The van der Waals surface area contributed by atoms with Gasteiger partial charge in [0.1, 0.15) is 5.69 Å². The molecule has 0 radical (unpaired) electrons. The van der Waals surface area contributed by atoms with Crippen molar-refractivity contribution in [1.29, 1.82) is 0 Å². The molecule has 1 aromatic heterocycles. The van der Waals surface area contributed by atoms with E-state index >= 15 is 0 Å². The summed E-state index contributed by atoms with van der Waals surface area (Å²) in [6.45, 7) is 4.87. The summed E-state index contributed by atoms with van der Waals surface area (Å²) in [6, 6.07) is 4.66. The van der Waals surface area contributed by atoms with E-state index in [-0.39, 0.29) is 5.69 Å². The number of nitro groups is 1. The van der Waals surface area contributed by atoms with Gasteiger partial charge in [-0.3, -0.25) is 19.2 Å². The second-order valence-corrected chi connectivity index (χ2v) is 8.32. The van der Waals surface area contributed by atoms with Crippen molar-refractivity contribution in [2.45, 2.75) is 13.0 Å². The summed E-state index contributed by atoms with van der Waals surface area (Å²) in [7, 11) is -2.97. The Morgan fingerprint density at radius 2 is 1.96 bits per heavy atom. The van der Waals surface area contributed by atoms with Crippen molar-refractivity contribution >= 4 is 13.4 Å². The number of hydrogen-bond acceptors (Lipinski definition) is 6. The molecule has 0 amide bonds. The summed E-state index contributed by atoms with van der Waals surface area (Å²) >= 11 is 0. The van der Waals surface area contributed by atoms with Gasteiger partial charge in [-0.1, -0.05) is 5.21 Å². The first kappa shape index (κ1) is 16.3. The summed E-state index contributed by atoms with van der Waals surface area (Å²) in [6.07, 6.45) is 2.51. The normalized spacial score (nSPS) is 18.9. The van der Waals surface area contributed by atoms with Gasteiger partial charge in [0.25, 0.3) is 5.69 Å². The monoisotopic (exact) mass is 364 g/mol. The summed E-state index contributed by atoms with van der Waals surface area (Å²) in [4.78, 5) is 10.8. The molecule has 1 unspecified atom stereocenters. The number of benzene rings is 1. The van der Waals surface area contributed by atoms with Crippen LogP contribution in [0, 0.1) is 10.1 Å². The zero-order valence-electron chi connectivity index (χ0n) is 13.6. The zero-order chi connectivity index (χ0) is 17.6. The van der Waals surface area contributed by atoms with E-state index in [2.05, 4.69) is 10.3 Å². The van der Waals surface area contributed by atoms with E-state index in [0.717, 1.165) is 26.2 Å². The van der Waals surface area contributed by atoms with Crippen molar-refractivity contribution in [3.05, 3.63) is 46.3 Å². The third kappa shape index (κ3) is 3.09. The smallest absolute Gasteiger partial charge is 0.298 e. The molecule has 132 valence electrons. The lowest BCUT2D eigenvalue weighted by atomic mass is 10.1. The lowest BCUT2D eigenvalue weighted by Crippen LogP contribution is -2.11. The van der Waals surface area contributed by atoms with Crippen LogP contribution >= 0.6 is 7.67 Å². The van der Waals surface area contributed by atoms with Gasteiger partial charge in [0.2, 0.25) is 0 Å². The Balaban J connectivity index is 1.65. The Hall–Kier alpha value is -2.13. The van der Waals surface area contributed by atoms with Crippen molar-refractivity contribution in [3.63, 3.8) is 0 Å². The largest absolute Gasteiger partial charge is 0.346 e. The number of nitrogens with zero attached hydrogens (tertiary/aromatic N) is 6. The minimum absolute atomic E-state index is 0.0819. The van der Waals surface area contributed by atoms with E-state index < -0.39 is 18.7 Å².